The standard InChI is InChI=1S/C92H56N2O4/c1-91(2)76-24-11-7-17-61(76)63-34-28-50(47-78(63)91)49-31-38-80-69(40-49)73-44-54(51-29-35-64-62-18-8-12-25-77(62)92(3,4)79(64)48-51)43-71-60-33-30-52(42-75(60)90(96)94(80)85(71)73)56-36-37-58(88-84(56)68-21-10-14-27-83(68)98-88)55-45-72-59-16-5-6-20-67(59)89(95)93-81-39-32-53(41-70(81)74(46-55)86(72)93)57-22-15-23-66-65-19-9-13-26-82(65)97-87(57)66/h5-48H,1-4H3. The third-order valence-electron chi connectivity index (χ3n) is 22.8. The number of rotatable bonds is 5. The highest BCUT2D eigenvalue weighted by molar-refractivity contribution is 6.26. The first-order valence-electron chi connectivity index (χ1n) is 33.9. The monoisotopic (exact) mass is 1250 g/mol. The Morgan fingerprint density at radius 3 is 1.33 bits per heavy atom. The molecular weight excluding hydrogens is 1200 g/mol. The quantitative estimate of drug-likeness (QED) is 0.161. The van der Waals surface area contributed by atoms with Gasteiger partial charge in [0.1, 0.15) is 22.3 Å². The van der Waals surface area contributed by atoms with Crippen molar-refractivity contribution in [1.29, 1.82) is 0 Å². The molecule has 0 fully saturated rings. The molecule has 98 heavy (non-hydrogen) atoms. The molecule has 0 bridgehead atoms. The van der Waals surface area contributed by atoms with Gasteiger partial charge in [-0.1, -0.05) is 204 Å². The summed E-state index contributed by atoms with van der Waals surface area (Å²) in [5.74, 6) is 0. The van der Waals surface area contributed by atoms with Crippen LogP contribution < -0.4 is 11.1 Å². The first-order chi connectivity index (χ1) is 47.9. The summed E-state index contributed by atoms with van der Waals surface area (Å²) < 4.78 is 17.6. The minimum atomic E-state index is -0.186. The van der Waals surface area contributed by atoms with E-state index in [2.05, 4.69) is 246 Å². The maximum atomic E-state index is 16.0. The van der Waals surface area contributed by atoms with Crippen LogP contribution in [0.2, 0.25) is 0 Å². The highest BCUT2D eigenvalue weighted by Gasteiger charge is 2.37. The number of hydrogen-bond donors (Lipinski definition) is 0. The van der Waals surface area contributed by atoms with Crippen molar-refractivity contribution >= 4 is 120 Å². The van der Waals surface area contributed by atoms with Gasteiger partial charge in [0.25, 0.3) is 11.1 Å². The zero-order valence-corrected chi connectivity index (χ0v) is 53.9. The predicted octanol–water partition coefficient (Wildman–Crippen LogP) is 23.5. The van der Waals surface area contributed by atoms with Crippen molar-refractivity contribution in [1.82, 2.24) is 8.80 Å². The van der Waals surface area contributed by atoms with E-state index in [9.17, 15) is 4.79 Å². The number of aromatic nitrogens is 2. The summed E-state index contributed by atoms with van der Waals surface area (Å²) in [6, 6.07) is 95.5. The number of furan rings is 2. The Balaban J connectivity index is 0.752. The van der Waals surface area contributed by atoms with Crippen molar-refractivity contribution in [2.24, 2.45) is 0 Å². The molecule has 2 aliphatic carbocycles. The molecule has 0 radical (unpaired) electrons. The van der Waals surface area contributed by atoms with Gasteiger partial charge in [0.2, 0.25) is 0 Å². The summed E-state index contributed by atoms with van der Waals surface area (Å²) in [7, 11) is 0. The predicted molar refractivity (Wildman–Crippen MR) is 405 cm³/mol. The Morgan fingerprint density at radius 2 is 0.653 bits per heavy atom. The largest absolute Gasteiger partial charge is 0.455 e. The molecule has 458 valence electrons. The molecule has 0 spiro atoms. The van der Waals surface area contributed by atoms with Crippen LogP contribution in [0.5, 0.6) is 0 Å². The van der Waals surface area contributed by atoms with Crippen LogP contribution in [0, 0.1) is 0 Å². The van der Waals surface area contributed by atoms with Gasteiger partial charge < -0.3 is 8.83 Å². The lowest BCUT2D eigenvalue weighted by Crippen LogP contribution is -2.14. The molecular formula is C92H56N2O4. The van der Waals surface area contributed by atoms with Crippen molar-refractivity contribution in [3.8, 4) is 77.9 Å². The number of pyridine rings is 2. The van der Waals surface area contributed by atoms with Crippen molar-refractivity contribution < 1.29 is 8.83 Å². The molecule has 0 saturated carbocycles. The minimum Gasteiger partial charge on any atom is -0.455 e. The molecule has 0 unspecified atom stereocenters. The van der Waals surface area contributed by atoms with Gasteiger partial charge in [0.15, 0.2) is 0 Å². The second-order valence-electron chi connectivity index (χ2n) is 28.5. The van der Waals surface area contributed by atoms with Crippen LogP contribution >= 0.6 is 0 Å². The van der Waals surface area contributed by atoms with E-state index in [4.69, 9.17) is 8.83 Å². The van der Waals surface area contributed by atoms with E-state index < -0.39 is 0 Å². The van der Waals surface area contributed by atoms with Gasteiger partial charge in [0.05, 0.1) is 22.1 Å². The van der Waals surface area contributed by atoms with Crippen LogP contribution in [-0.2, 0) is 10.8 Å². The molecule has 14 aromatic carbocycles. The highest BCUT2D eigenvalue weighted by Crippen LogP contribution is 2.53. The first kappa shape index (κ1) is 53.9. The summed E-state index contributed by atoms with van der Waals surface area (Å²) in [6.07, 6.45) is 0. The van der Waals surface area contributed by atoms with E-state index in [0.29, 0.717) is 10.8 Å². The molecule has 6 heterocycles. The summed E-state index contributed by atoms with van der Waals surface area (Å²) >= 11 is 0. The third kappa shape index (κ3) is 6.95. The molecule has 6 nitrogen and oxygen atoms in total. The van der Waals surface area contributed by atoms with Crippen LogP contribution in [0.15, 0.2) is 285 Å². The zero-order valence-electron chi connectivity index (χ0n) is 53.9. The first-order valence-corrected chi connectivity index (χ1v) is 33.9. The smallest absolute Gasteiger partial charge is 0.263 e. The van der Waals surface area contributed by atoms with Crippen molar-refractivity contribution in [2.75, 3.05) is 0 Å². The van der Waals surface area contributed by atoms with E-state index in [1.54, 1.807) is 0 Å². The fraction of sp³-hybridized carbons (Fsp3) is 0.0652. The van der Waals surface area contributed by atoms with Crippen molar-refractivity contribution in [3.63, 3.8) is 0 Å². The van der Waals surface area contributed by atoms with Gasteiger partial charge in [0, 0.05) is 86.6 Å². The molecule has 2 aliphatic rings. The summed E-state index contributed by atoms with van der Waals surface area (Å²) in [5, 5.41) is 13.1. The van der Waals surface area contributed by atoms with E-state index in [0.717, 1.165) is 165 Å². The number of hydrogen-bond acceptors (Lipinski definition) is 4. The van der Waals surface area contributed by atoms with Gasteiger partial charge >= 0.3 is 0 Å². The lowest BCUT2D eigenvalue weighted by atomic mass is 9.81. The lowest BCUT2D eigenvalue weighted by molar-refractivity contribution is 0.660. The molecule has 0 saturated heterocycles. The molecule has 6 aromatic heterocycles. The maximum absolute atomic E-state index is 16.0. The van der Waals surface area contributed by atoms with Crippen LogP contribution in [0.1, 0.15) is 49.9 Å². The molecule has 6 heteroatoms. The van der Waals surface area contributed by atoms with E-state index in [1.165, 1.54) is 44.5 Å². The highest BCUT2D eigenvalue weighted by atomic mass is 16.3. The second-order valence-corrected chi connectivity index (χ2v) is 28.5. The second kappa shape index (κ2) is 18.8. The average molecular weight is 1250 g/mol. The van der Waals surface area contributed by atoms with Crippen molar-refractivity contribution in [2.45, 2.75) is 38.5 Å². The Hall–Kier alpha value is -12.4. The fourth-order valence-corrected chi connectivity index (χ4v) is 18.1. The maximum Gasteiger partial charge on any atom is 0.263 e. The normalized spacial score (nSPS) is 14.0. The van der Waals surface area contributed by atoms with E-state index in [1.807, 2.05) is 57.3 Å². The molecule has 0 amide bonds. The molecule has 0 aliphatic heterocycles. The average Bonchev–Trinajstić information content (AvgIpc) is 1.52. The summed E-state index contributed by atoms with van der Waals surface area (Å²) in [4.78, 5) is 30.9. The minimum absolute atomic E-state index is 0.0512. The Kier molecular flexibility index (Phi) is 10.3. The van der Waals surface area contributed by atoms with Gasteiger partial charge in [-0.15, -0.1) is 0 Å². The Morgan fingerprint density at radius 1 is 0.255 bits per heavy atom. The summed E-state index contributed by atoms with van der Waals surface area (Å²) in [6.45, 7) is 9.36. The molecule has 22 rings (SSSR count). The van der Waals surface area contributed by atoms with Gasteiger partial charge in [-0.05, 0) is 191 Å². The van der Waals surface area contributed by atoms with Gasteiger partial charge in [-0.3, -0.25) is 18.4 Å². The topological polar surface area (TPSA) is 69.2 Å². The number of para-hydroxylation sites is 3. The lowest BCUT2D eigenvalue weighted by Gasteiger charge is -2.22. The zero-order chi connectivity index (χ0) is 64.9. The fourth-order valence-electron chi connectivity index (χ4n) is 18.1. The Bertz CT molecular complexity index is 7170. The van der Waals surface area contributed by atoms with E-state index >= 15 is 4.79 Å². The van der Waals surface area contributed by atoms with Crippen molar-refractivity contribution in [3.05, 3.63) is 310 Å². The SMILES string of the molecule is CC1(C)c2ccccc2-c2ccc(-c3ccc4c(c3)c3cc(-c5ccc6c(c5)C(C)(C)c5ccccc5-6)cc5c6ccc(-c7ccc(-c8cc9c%10ccccc%10c(=O)n%10c%11ccc(-c%12cccc%13c%12oc%12ccccc%12%13)cc%11c(c8)c9%10)c8oc9ccccc9c78)cc6c(=O)n4c53)cc21. The van der Waals surface area contributed by atoms with Gasteiger partial charge in [-0.25, -0.2) is 0 Å². The van der Waals surface area contributed by atoms with Crippen LogP contribution in [-0.4, -0.2) is 8.80 Å². The van der Waals surface area contributed by atoms with Gasteiger partial charge in [-0.2, -0.15) is 0 Å². The third-order valence-corrected chi connectivity index (χ3v) is 22.8. The molecule has 20 aromatic rings. The van der Waals surface area contributed by atoms with Crippen LogP contribution in [0.3, 0.4) is 0 Å². The Labute approximate surface area is 560 Å². The molecule has 0 atom stereocenters. The number of nitrogens with zero attached hydrogens (tertiary/aromatic N) is 2. The summed E-state index contributed by atoms with van der Waals surface area (Å²) in [5.41, 5.74) is 26.9. The number of benzene rings is 14. The molecule has 0 N–H and O–H groups in total. The number of fused-ring (bicyclic) bond motifs is 22. The van der Waals surface area contributed by atoms with E-state index in [-0.39, 0.29) is 21.9 Å². The van der Waals surface area contributed by atoms with Crippen LogP contribution in [0.25, 0.3) is 198 Å². The van der Waals surface area contributed by atoms with Crippen LogP contribution in [0.4, 0.5) is 0 Å².